The summed E-state index contributed by atoms with van der Waals surface area (Å²) < 4.78 is 13.3. The Kier molecular flexibility index (Phi) is 3.22. The fourth-order valence-corrected chi connectivity index (χ4v) is 3.04. The standard InChI is InChI=1S/C13H17ClFN/c1-13(6-5-10(8-13)16-2)11-7-9(15)3-4-12(11)14/h3-4,7,10,16H,5-6,8H2,1-2H3. The Morgan fingerprint density at radius 2 is 2.25 bits per heavy atom. The molecule has 0 saturated heterocycles. The topological polar surface area (TPSA) is 12.0 Å². The SMILES string of the molecule is CNC1CCC(C)(c2cc(F)ccc2Cl)C1. The quantitative estimate of drug-likeness (QED) is 0.836. The Bertz CT molecular complexity index is 394. The van der Waals surface area contributed by atoms with E-state index < -0.39 is 0 Å². The average Bonchev–Trinajstić information content (AvgIpc) is 2.65. The van der Waals surface area contributed by atoms with Crippen molar-refractivity contribution in [3.8, 4) is 0 Å². The molecule has 1 saturated carbocycles. The van der Waals surface area contributed by atoms with Crippen LogP contribution in [-0.2, 0) is 5.41 Å². The van der Waals surface area contributed by atoms with Crippen LogP contribution in [0.25, 0.3) is 0 Å². The highest BCUT2D eigenvalue weighted by atomic mass is 35.5. The molecule has 2 rings (SSSR count). The Morgan fingerprint density at radius 1 is 1.50 bits per heavy atom. The predicted molar refractivity (Wildman–Crippen MR) is 65.5 cm³/mol. The van der Waals surface area contributed by atoms with Gasteiger partial charge in [0.05, 0.1) is 0 Å². The summed E-state index contributed by atoms with van der Waals surface area (Å²) in [5, 5.41) is 3.97. The maximum absolute atomic E-state index is 13.3. The van der Waals surface area contributed by atoms with Crippen molar-refractivity contribution >= 4 is 11.6 Å². The maximum atomic E-state index is 13.3. The number of hydrogen-bond acceptors (Lipinski definition) is 1. The summed E-state index contributed by atoms with van der Waals surface area (Å²) in [6.45, 7) is 2.17. The maximum Gasteiger partial charge on any atom is 0.123 e. The van der Waals surface area contributed by atoms with Gasteiger partial charge in [0.15, 0.2) is 0 Å². The highest BCUT2D eigenvalue weighted by molar-refractivity contribution is 6.31. The van der Waals surface area contributed by atoms with Gasteiger partial charge in [-0.05, 0) is 55.5 Å². The molecule has 2 atom stereocenters. The molecule has 0 spiro atoms. The van der Waals surface area contributed by atoms with Crippen LogP contribution in [0.3, 0.4) is 0 Å². The summed E-state index contributed by atoms with van der Waals surface area (Å²) >= 11 is 6.17. The van der Waals surface area contributed by atoms with Crippen LogP contribution in [0.1, 0.15) is 31.7 Å². The zero-order chi connectivity index (χ0) is 11.8. The molecule has 0 radical (unpaired) electrons. The Morgan fingerprint density at radius 3 is 2.88 bits per heavy atom. The van der Waals surface area contributed by atoms with Gasteiger partial charge in [-0.1, -0.05) is 18.5 Å². The molecule has 0 aromatic heterocycles. The highest BCUT2D eigenvalue weighted by Crippen LogP contribution is 2.43. The lowest BCUT2D eigenvalue weighted by molar-refractivity contribution is 0.463. The van der Waals surface area contributed by atoms with Crippen LogP contribution in [0.15, 0.2) is 18.2 Å². The molecule has 88 valence electrons. The lowest BCUT2D eigenvalue weighted by atomic mass is 9.80. The molecule has 1 nitrogen and oxygen atoms in total. The van der Waals surface area contributed by atoms with Crippen molar-refractivity contribution in [3.63, 3.8) is 0 Å². The first kappa shape index (κ1) is 11.9. The molecule has 2 unspecified atom stereocenters. The fourth-order valence-electron chi connectivity index (χ4n) is 2.69. The van der Waals surface area contributed by atoms with E-state index in [1.54, 1.807) is 12.1 Å². The van der Waals surface area contributed by atoms with Crippen LogP contribution in [0, 0.1) is 5.82 Å². The molecule has 0 heterocycles. The Hall–Kier alpha value is -0.600. The van der Waals surface area contributed by atoms with Gasteiger partial charge in [-0.3, -0.25) is 0 Å². The number of benzene rings is 1. The molecular weight excluding hydrogens is 225 g/mol. The molecule has 0 bridgehead atoms. The molecule has 1 aliphatic rings. The van der Waals surface area contributed by atoms with Crippen LogP contribution in [0.2, 0.25) is 5.02 Å². The zero-order valence-corrected chi connectivity index (χ0v) is 10.4. The summed E-state index contributed by atoms with van der Waals surface area (Å²) in [6, 6.07) is 5.17. The van der Waals surface area contributed by atoms with Gasteiger partial charge in [0.2, 0.25) is 0 Å². The minimum Gasteiger partial charge on any atom is -0.317 e. The fraction of sp³-hybridized carbons (Fsp3) is 0.538. The van der Waals surface area contributed by atoms with Crippen LogP contribution >= 0.6 is 11.6 Å². The molecule has 3 heteroatoms. The molecule has 1 fully saturated rings. The second kappa shape index (κ2) is 4.34. The van der Waals surface area contributed by atoms with E-state index in [-0.39, 0.29) is 11.2 Å². The van der Waals surface area contributed by atoms with Crippen molar-refractivity contribution in [2.24, 2.45) is 0 Å². The second-order valence-corrected chi connectivity index (χ2v) is 5.32. The molecule has 1 aromatic carbocycles. The van der Waals surface area contributed by atoms with Gasteiger partial charge in [-0.15, -0.1) is 0 Å². The van der Waals surface area contributed by atoms with Gasteiger partial charge in [-0.2, -0.15) is 0 Å². The first-order valence-electron chi connectivity index (χ1n) is 5.68. The van der Waals surface area contributed by atoms with Crippen molar-refractivity contribution < 1.29 is 4.39 Å². The van der Waals surface area contributed by atoms with Crippen molar-refractivity contribution in [2.75, 3.05) is 7.05 Å². The molecule has 16 heavy (non-hydrogen) atoms. The average molecular weight is 242 g/mol. The molecule has 1 aliphatic carbocycles. The normalized spacial score (nSPS) is 29.6. The van der Waals surface area contributed by atoms with Crippen molar-refractivity contribution in [1.29, 1.82) is 0 Å². The monoisotopic (exact) mass is 241 g/mol. The lowest BCUT2D eigenvalue weighted by Crippen LogP contribution is -2.26. The van der Waals surface area contributed by atoms with Crippen LogP contribution in [-0.4, -0.2) is 13.1 Å². The van der Waals surface area contributed by atoms with Gasteiger partial charge in [0, 0.05) is 11.1 Å². The van der Waals surface area contributed by atoms with Crippen molar-refractivity contribution in [1.82, 2.24) is 5.32 Å². The summed E-state index contributed by atoms with van der Waals surface area (Å²) in [5.74, 6) is -0.200. The third kappa shape index (κ3) is 2.09. The van der Waals surface area contributed by atoms with E-state index in [4.69, 9.17) is 11.6 Å². The molecule has 1 aromatic rings. The predicted octanol–water partition coefficient (Wildman–Crippen LogP) is 3.51. The number of hydrogen-bond donors (Lipinski definition) is 1. The van der Waals surface area contributed by atoms with Gasteiger partial charge in [0.25, 0.3) is 0 Å². The summed E-state index contributed by atoms with van der Waals surface area (Å²) in [7, 11) is 1.98. The van der Waals surface area contributed by atoms with E-state index >= 15 is 0 Å². The van der Waals surface area contributed by atoms with E-state index in [2.05, 4.69) is 12.2 Å². The minimum atomic E-state index is -0.200. The summed E-state index contributed by atoms with van der Waals surface area (Å²) in [5.41, 5.74) is 0.958. The number of halogens is 2. The largest absolute Gasteiger partial charge is 0.317 e. The zero-order valence-electron chi connectivity index (χ0n) is 9.69. The first-order chi connectivity index (χ1) is 7.55. The molecule has 1 N–H and O–H groups in total. The smallest absolute Gasteiger partial charge is 0.123 e. The van der Waals surface area contributed by atoms with Gasteiger partial charge < -0.3 is 5.32 Å². The second-order valence-electron chi connectivity index (χ2n) is 4.91. The number of rotatable bonds is 2. The van der Waals surface area contributed by atoms with Crippen molar-refractivity contribution in [2.45, 2.75) is 37.6 Å². The molecular formula is C13H17ClFN. The van der Waals surface area contributed by atoms with Crippen LogP contribution in [0.4, 0.5) is 4.39 Å². The van der Waals surface area contributed by atoms with E-state index in [0.717, 1.165) is 24.8 Å². The lowest BCUT2D eigenvalue weighted by Gasteiger charge is -2.26. The van der Waals surface area contributed by atoms with E-state index in [0.29, 0.717) is 11.1 Å². The van der Waals surface area contributed by atoms with E-state index in [1.807, 2.05) is 7.05 Å². The summed E-state index contributed by atoms with van der Waals surface area (Å²) in [6.07, 6.45) is 3.20. The third-order valence-electron chi connectivity index (χ3n) is 3.73. The number of nitrogens with one attached hydrogen (secondary N) is 1. The van der Waals surface area contributed by atoms with Gasteiger partial charge in [0.1, 0.15) is 5.82 Å². The van der Waals surface area contributed by atoms with Crippen LogP contribution < -0.4 is 5.32 Å². The van der Waals surface area contributed by atoms with Crippen molar-refractivity contribution in [3.05, 3.63) is 34.6 Å². The molecule has 0 aliphatic heterocycles. The third-order valence-corrected chi connectivity index (χ3v) is 4.06. The summed E-state index contributed by atoms with van der Waals surface area (Å²) in [4.78, 5) is 0. The minimum absolute atomic E-state index is 0.00681. The van der Waals surface area contributed by atoms with Gasteiger partial charge >= 0.3 is 0 Å². The van der Waals surface area contributed by atoms with E-state index in [9.17, 15) is 4.39 Å². The van der Waals surface area contributed by atoms with E-state index in [1.165, 1.54) is 6.07 Å². The highest BCUT2D eigenvalue weighted by Gasteiger charge is 2.37. The van der Waals surface area contributed by atoms with Gasteiger partial charge in [-0.25, -0.2) is 4.39 Å². The molecule has 0 amide bonds. The Labute approximate surface area is 101 Å². The van der Waals surface area contributed by atoms with Crippen LogP contribution in [0.5, 0.6) is 0 Å². The first-order valence-corrected chi connectivity index (χ1v) is 6.06. The Balaban J connectivity index is 2.33.